The van der Waals surface area contributed by atoms with Gasteiger partial charge in [0.25, 0.3) is 5.91 Å². The molecule has 0 fully saturated rings. The number of anilines is 1. The second kappa shape index (κ2) is 8.46. The van der Waals surface area contributed by atoms with Crippen LogP contribution >= 0.6 is 0 Å². The van der Waals surface area contributed by atoms with Crippen LogP contribution in [0.5, 0.6) is 0 Å². The van der Waals surface area contributed by atoms with Crippen molar-refractivity contribution in [2.45, 2.75) is 13.0 Å². The van der Waals surface area contributed by atoms with Crippen molar-refractivity contribution in [2.24, 2.45) is 0 Å². The Kier molecular flexibility index (Phi) is 5.55. The van der Waals surface area contributed by atoms with E-state index in [0.29, 0.717) is 17.0 Å². The number of ether oxygens (including phenoxy) is 2. The van der Waals surface area contributed by atoms with Gasteiger partial charge in [0.05, 0.1) is 19.8 Å². The highest BCUT2D eigenvalue weighted by Crippen LogP contribution is 2.40. The van der Waals surface area contributed by atoms with Crippen molar-refractivity contribution in [3.63, 3.8) is 0 Å². The minimum atomic E-state index is -0.873. The molecule has 0 saturated carbocycles. The van der Waals surface area contributed by atoms with Crippen LogP contribution in [0, 0.1) is 6.92 Å². The predicted molar refractivity (Wildman–Crippen MR) is 114 cm³/mol. The van der Waals surface area contributed by atoms with E-state index in [1.165, 1.54) is 18.9 Å². The normalized spacial score (nSPS) is 15.2. The number of hydrogen-bond acceptors (Lipinski definition) is 7. The zero-order valence-corrected chi connectivity index (χ0v) is 17.7. The van der Waals surface area contributed by atoms with Gasteiger partial charge in [-0.15, -0.1) is 0 Å². The van der Waals surface area contributed by atoms with Crippen molar-refractivity contribution in [2.75, 3.05) is 19.1 Å². The fourth-order valence-electron chi connectivity index (χ4n) is 3.68. The van der Waals surface area contributed by atoms with Gasteiger partial charge >= 0.3 is 11.9 Å². The standard InChI is InChI=1S/C23H20N4O5/c1-14-24-23-26(20(28)16-12-8-5-9-13-16)19(22(30)32-3)17(21(29)31-2)18(27(23)25-14)15-10-6-4-7-11-15/h4-13,18H,1-3H3. The maximum atomic E-state index is 13.6. The number of rotatable bonds is 4. The number of benzene rings is 2. The highest BCUT2D eigenvalue weighted by Gasteiger charge is 2.45. The van der Waals surface area contributed by atoms with Crippen molar-refractivity contribution >= 4 is 23.8 Å². The third-order valence-electron chi connectivity index (χ3n) is 5.04. The molecule has 0 radical (unpaired) electrons. The van der Waals surface area contributed by atoms with Crippen molar-refractivity contribution < 1.29 is 23.9 Å². The smallest absolute Gasteiger partial charge is 0.355 e. The average molecular weight is 432 g/mol. The van der Waals surface area contributed by atoms with E-state index in [4.69, 9.17) is 9.47 Å². The number of amides is 1. The number of hydrogen-bond donors (Lipinski definition) is 0. The Morgan fingerprint density at radius 3 is 2.06 bits per heavy atom. The molecule has 9 heteroatoms. The number of carbonyl (C=O) groups is 3. The summed E-state index contributed by atoms with van der Waals surface area (Å²) < 4.78 is 11.4. The van der Waals surface area contributed by atoms with Crippen LogP contribution in [0.15, 0.2) is 71.9 Å². The minimum absolute atomic E-state index is 0.0766. The Bertz CT molecular complexity index is 1220. The lowest BCUT2D eigenvalue weighted by Crippen LogP contribution is -2.44. The lowest BCUT2D eigenvalue weighted by Gasteiger charge is -2.33. The Labute approximate surface area is 183 Å². The van der Waals surface area contributed by atoms with E-state index >= 15 is 0 Å². The predicted octanol–water partition coefficient (Wildman–Crippen LogP) is 2.44. The SMILES string of the molecule is COC(=O)C1=C(C(=O)OC)N(C(=O)c2ccccc2)c2nc(C)nn2C1c1ccccc1. The molecular formula is C23H20N4O5. The summed E-state index contributed by atoms with van der Waals surface area (Å²) in [6.45, 7) is 1.66. The van der Waals surface area contributed by atoms with Gasteiger partial charge in [0.1, 0.15) is 11.9 Å². The Morgan fingerprint density at radius 1 is 0.875 bits per heavy atom. The molecule has 0 spiro atoms. The molecule has 1 aliphatic heterocycles. The molecule has 0 aliphatic carbocycles. The van der Waals surface area contributed by atoms with Crippen molar-refractivity contribution in [3.8, 4) is 0 Å². The number of aryl methyl sites for hydroxylation is 1. The second-order valence-electron chi connectivity index (χ2n) is 6.97. The summed E-state index contributed by atoms with van der Waals surface area (Å²) in [6.07, 6.45) is 0. The molecule has 2 heterocycles. The molecule has 162 valence electrons. The topological polar surface area (TPSA) is 104 Å². The highest BCUT2D eigenvalue weighted by atomic mass is 16.5. The van der Waals surface area contributed by atoms with Crippen LogP contribution in [-0.2, 0) is 19.1 Å². The number of fused-ring (bicyclic) bond motifs is 1. The van der Waals surface area contributed by atoms with E-state index in [1.807, 2.05) is 6.07 Å². The zero-order valence-electron chi connectivity index (χ0n) is 17.7. The molecule has 1 atom stereocenters. The lowest BCUT2D eigenvalue weighted by molar-refractivity contribution is -0.139. The summed E-state index contributed by atoms with van der Waals surface area (Å²) >= 11 is 0. The van der Waals surface area contributed by atoms with Gasteiger partial charge < -0.3 is 9.47 Å². The van der Waals surface area contributed by atoms with E-state index in [9.17, 15) is 14.4 Å². The van der Waals surface area contributed by atoms with Gasteiger partial charge in [-0.05, 0) is 24.6 Å². The number of aromatic nitrogens is 3. The quantitative estimate of drug-likeness (QED) is 0.583. The molecular weight excluding hydrogens is 412 g/mol. The summed E-state index contributed by atoms with van der Waals surface area (Å²) in [6, 6.07) is 16.5. The molecule has 32 heavy (non-hydrogen) atoms. The molecule has 9 nitrogen and oxygen atoms in total. The van der Waals surface area contributed by atoms with Gasteiger partial charge in [0.15, 0.2) is 5.70 Å². The monoisotopic (exact) mass is 432 g/mol. The molecule has 1 unspecified atom stereocenters. The van der Waals surface area contributed by atoms with E-state index in [0.717, 1.165) is 4.90 Å². The summed E-state index contributed by atoms with van der Waals surface area (Å²) in [5.74, 6) is -1.76. The maximum absolute atomic E-state index is 13.6. The first kappa shape index (κ1) is 21.0. The molecule has 0 N–H and O–H groups in total. The van der Waals surface area contributed by atoms with Gasteiger partial charge in [0.2, 0.25) is 5.95 Å². The molecule has 2 aromatic carbocycles. The Morgan fingerprint density at radius 2 is 1.47 bits per heavy atom. The van der Waals surface area contributed by atoms with Crippen LogP contribution in [0.2, 0.25) is 0 Å². The molecule has 4 rings (SSSR count). The minimum Gasteiger partial charge on any atom is -0.466 e. The highest BCUT2D eigenvalue weighted by molar-refractivity contribution is 6.16. The molecule has 0 bridgehead atoms. The summed E-state index contributed by atoms with van der Waals surface area (Å²) in [5.41, 5.74) is 0.616. The molecule has 1 aromatic heterocycles. The molecule has 3 aromatic rings. The first-order valence-corrected chi connectivity index (χ1v) is 9.76. The van der Waals surface area contributed by atoms with Crippen molar-refractivity contribution in [3.05, 3.63) is 88.9 Å². The number of nitrogens with zero attached hydrogens (tertiary/aromatic N) is 4. The van der Waals surface area contributed by atoms with E-state index < -0.39 is 23.9 Å². The largest absolute Gasteiger partial charge is 0.466 e. The average Bonchev–Trinajstić information content (AvgIpc) is 3.22. The first-order chi connectivity index (χ1) is 15.5. The number of esters is 2. The van der Waals surface area contributed by atoms with Crippen molar-refractivity contribution in [1.29, 1.82) is 0 Å². The third kappa shape index (κ3) is 3.43. The number of carbonyl (C=O) groups excluding carboxylic acids is 3. The van der Waals surface area contributed by atoms with E-state index in [2.05, 4.69) is 10.1 Å². The molecule has 1 aliphatic rings. The number of methoxy groups -OCH3 is 2. The van der Waals surface area contributed by atoms with Crippen LogP contribution in [-0.4, -0.2) is 46.8 Å². The van der Waals surface area contributed by atoms with Gasteiger partial charge in [0, 0.05) is 5.56 Å². The van der Waals surface area contributed by atoms with E-state index in [-0.39, 0.29) is 17.2 Å². The maximum Gasteiger partial charge on any atom is 0.355 e. The molecule has 0 saturated heterocycles. The third-order valence-corrected chi connectivity index (χ3v) is 5.04. The van der Waals surface area contributed by atoms with Gasteiger partial charge in [-0.1, -0.05) is 48.5 Å². The second-order valence-corrected chi connectivity index (χ2v) is 6.97. The van der Waals surface area contributed by atoms with Crippen LogP contribution in [0.25, 0.3) is 0 Å². The summed E-state index contributed by atoms with van der Waals surface area (Å²) in [4.78, 5) is 45.0. The fraction of sp³-hybridized carbons (Fsp3) is 0.174. The van der Waals surface area contributed by atoms with Crippen LogP contribution in [0.4, 0.5) is 5.95 Å². The fourth-order valence-corrected chi connectivity index (χ4v) is 3.68. The first-order valence-electron chi connectivity index (χ1n) is 9.76. The Hall–Kier alpha value is -4.27. The lowest BCUT2D eigenvalue weighted by atomic mass is 9.94. The van der Waals surface area contributed by atoms with E-state index in [1.54, 1.807) is 61.5 Å². The van der Waals surface area contributed by atoms with Gasteiger partial charge in [-0.3, -0.25) is 4.79 Å². The summed E-state index contributed by atoms with van der Waals surface area (Å²) in [7, 11) is 2.38. The van der Waals surface area contributed by atoms with Crippen LogP contribution in [0.3, 0.4) is 0 Å². The van der Waals surface area contributed by atoms with Crippen LogP contribution < -0.4 is 4.90 Å². The van der Waals surface area contributed by atoms with Crippen LogP contribution in [0.1, 0.15) is 27.8 Å². The Balaban J connectivity index is 2.06. The van der Waals surface area contributed by atoms with Crippen molar-refractivity contribution in [1.82, 2.24) is 14.8 Å². The van der Waals surface area contributed by atoms with Gasteiger partial charge in [-0.2, -0.15) is 10.1 Å². The zero-order chi connectivity index (χ0) is 22.8. The van der Waals surface area contributed by atoms with Gasteiger partial charge in [-0.25, -0.2) is 19.2 Å². The molecule has 1 amide bonds. The summed E-state index contributed by atoms with van der Waals surface area (Å²) in [5, 5.41) is 4.44.